The minimum atomic E-state index is -0.406. The molecule has 2 fully saturated rings. The molecular weight excluding hydrogens is 523 g/mol. The van der Waals surface area contributed by atoms with Crippen molar-refractivity contribution in [3.63, 3.8) is 0 Å². The van der Waals surface area contributed by atoms with E-state index in [2.05, 4.69) is 30.5 Å². The zero-order valence-corrected chi connectivity index (χ0v) is 21.7. The summed E-state index contributed by atoms with van der Waals surface area (Å²) in [7, 11) is 0. The van der Waals surface area contributed by atoms with Crippen molar-refractivity contribution in [3.05, 3.63) is 64.7 Å². The van der Waals surface area contributed by atoms with Crippen molar-refractivity contribution in [2.24, 2.45) is 5.92 Å². The van der Waals surface area contributed by atoms with E-state index in [1.54, 1.807) is 18.3 Å². The first kappa shape index (κ1) is 25.3. The first-order valence-corrected chi connectivity index (χ1v) is 13.4. The van der Waals surface area contributed by atoms with Crippen LogP contribution >= 0.6 is 11.8 Å². The van der Waals surface area contributed by atoms with Crippen LogP contribution in [0.15, 0.2) is 47.5 Å². The van der Waals surface area contributed by atoms with Crippen LogP contribution in [0.3, 0.4) is 0 Å². The van der Waals surface area contributed by atoms with Crippen LogP contribution in [0, 0.1) is 11.7 Å². The number of halogens is 1. The molecule has 3 aliphatic rings. The van der Waals surface area contributed by atoms with Crippen LogP contribution in [0.4, 0.5) is 15.1 Å². The number of rotatable bonds is 7. The number of amides is 2. The Kier molecular flexibility index (Phi) is 7.12. The molecule has 2 saturated heterocycles. The number of hydrogen-bond donors (Lipinski definition) is 2. The lowest BCUT2D eigenvalue weighted by atomic mass is 9.97. The SMILES string of the molecule is O=C1NC(=O)C(=Cc2ccnc(N3CCC(CNCc4cc(F)cc(-c5ccc6c(c5)OCO6)n4)CC3)n2)S1. The standard InChI is InChI=1S/C27H25FN6O4S/c28-18-10-20(31-21(11-18)17-1-2-22-23(9-17)38-15-37-22)14-29-13-16-4-7-34(8-5-16)26-30-6-3-19(32-26)12-24-25(35)33-27(36)39-24/h1-3,6,9-12,16,29H,4-5,7-8,13-15H2,(H,33,35,36). The smallest absolute Gasteiger partial charge is 0.290 e. The highest BCUT2D eigenvalue weighted by Crippen LogP contribution is 2.35. The van der Waals surface area contributed by atoms with E-state index < -0.39 is 5.91 Å². The summed E-state index contributed by atoms with van der Waals surface area (Å²) in [4.78, 5) is 39.3. The van der Waals surface area contributed by atoms with Gasteiger partial charge in [0.15, 0.2) is 11.5 Å². The van der Waals surface area contributed by atoms with E-state index in [1.807, 2.05) is 18.2 Å². The minimum absolute atomic E-state index is 0.184. The van der Waals surface area contributed by atoms with Gasteiger partial charge in [0.2, 0.25) is 12.7 Å². The third-order valence-electron chi connectivity index (χ3n) is 6.73. The summed E-state index contributed by atoms with van der Waals surface area (Å²) in [5.74, 6) is 1.63. The van der Waals surface area contributed by atoms with Gasteiger partial charge in [-0.3, -0.25) is 19.9 Å². The first-order chi connectivity index (χ1) is 19.0. The summed E-state index contributed by atoms with van der Waals surface area (Å²) in [6.07, 6.45) is 5.16. The van der Waals surface area contributed by atoms with Gasteiger partial charge in [-0.1, -0.05) is 0 Å². The zero-order chi connectivity index (χ0) is 26.8. The fourth-order valence-electron chi connectivity index (χ4n) is 4.74. The van der Waals surface area contributed by atoms with E-state index in [-0.39, 0.29) is 17.8 Å². The van der Waals surface area contributed by atoms with Gasteiger partial charge in [0.25, 0.3) is 11.1 Å². The van der Waals surface area contributed by atoms with Gasteiger partial charge in [0.1, 0.15) is 5.82 Å². The molecule has 0 bridgehead atoms. The van der Waals surface area contributed by atoms with Gasteiger partial charge in [-0.05, 0) is 73.5 Å². The summed E-state index contributed by atoms with van der Waals surface area (Å²) in [5, 5.41) is 5.30. The van der Waals surface area contributed by atoms with E-state index in [1.165, 1.54) is 12.1 Å². The fourth-order valence-corrected chi connectivity index (χ4v) is 5.40. The van der Waals surface area contributed by atoms with Crippen molar-refractivity contribution in [2.75, 3.05) is 31.3 Å². The quantitative estimate of drug-likeness (QED) is 0.423. The number of carbonyl (C=O) groups is 2. The number of imide groups is 1. The van der Waals surface area contributed by atoms with Crippen LogP contribution in [0.2, 0.25) is 0 Å². The van der Waals surface area contributed by atoms with Crippen molar-refractivity contribution in [1.82, 2.24) is 25.6 Å². The molecule has 6 rings (SSSR count). The van der Waals surface area contributed by atoms with Gasteiger partial charge in [-0.2, -0.15) is 0 Å². The Labute approximate surface area is 228 Å². The third kappa shape index (κ3) is 5.86. The largest absolute Gasteiger partial charge is 0.454 e. The second kappa shape index (κ2) is 11.0. The third-order valence-corrected chi connectivity index (χ3v) is 7.54. The molecule has 200 valence electrons. The van der Waals surface area contributed by atoms with Crippen LogP contribution in [0.25, 0.3) is 17.3 Å². The predicted molar refractivity (Wildman–Crippen MR) is 144 cm³/mol. The van der Waals surface area contributed by atoms with Gasteiger partial charge in [0.05, 0.1) is 22.0 Å². The average Bonchev–Trinajstić information content (AvgIpc) is 3.53. The van der Waals surface area contributed by atoms with E-state index in [0.717, 1.165) is 49.8 Å². The summed E-state index contributed by atoms with van der Waals surface area (Å²) < 4.78 is 25.2. The number of aromatic nitrogens is 3. The maximum atomic E-state index is 14.4. The molecule has 2 N–H and O–H groups in total. The molecule has 0 spiro atoms. The van der Waals surface area contributed by atoms with Gasteiger partial charge < -0.3 is 19.7 Å². The lowest BCUT2D eigenvalue weighted by Gasteiger charge is -2.32. The predicted octanol–water partition coefficient (Wildman–Crippen LogP) is 3.74. The number of anilines is 1. The molecule has 0 saturated carbocycles. The van der Waals surface area contributed by atoms with E-state index in [4.69, 9.17) is 9.47 Å². The monoisotopic (exact) mass is 548 g/mol. The van der Waals surface area contributed by atoms with Crippen molar-refractivity contribution >= 4 is 34.9 Å². The number of ether oxygens (including phenoxy) is 2. The van der Waals surface area contributed by atoms with E-state index in [9.17, 15) is 14.0 Å². The van der Waals surface area contributed by atoms with Crippen LogP contribution in [-0.2, 0) is 11.3 Å². The van der Waals surface area contributed by atoms with Crippen molar-refractivity contribution in [1.29, 1.82) is 0 Å². The fraction of sp³-hybridized carbons (Fsp3) is 0.296. The Balaban J connectivity index is 1.02. The van der Waals surface area contributed by atoms with Crippen molar-refractivity contribution < 1.29 is 23.5 Å². The molecule has 0 aliphatic carbocycles. The summed E-state index contributed by atoms with van der Waals surface area (Å²) in [6, 6.07) is 10.1. The maximum absolute atomic E-state index is 14.4. The molecular formula is C27H25FN6O4S. The summed E-state index contributed by atoms with van der Waals surface area (Å²) >= 11 is 0.866. The van der Waals surface area contributed by atoms with Gasteiger partial charge >= 0.3 is 0 Å². The molecule has 2 aromatic heterocycles. The number of piperidine rings is 1. The zero-order valence-electron chi connectivity index (χ0n) is 20.9. The Hall–Kier alpha value is -4.03. The molecule has 1 aromatic carbocycles. The first-order valence-electron chi connectivity index (χ1n) is 12.6. The Morgan fingerprint density at radius 1 is 1.10 bits per heavy atom. The Morgan fingerprint density at radius 3 is 2.77 bits per heavy atom. The van der Waals surface area contributed by atoms with E-state index in [0.29, 0.717) is 51.9 Å². The highest BCUT2D eigenvalue weighted by Gasteiger charge is 2.26. The highest BCUT2D eigenvalue weighted by atomic mass is 32.2. The maximum Gasteiger partial charge on any atom is 0.290 e. The van der Waals surface area contributed by atoms with Crippen LogP contribution < -0.4 is 25.0 Å². The molecule has 5 heterocycles. The van der Waals surface area contributed by atoms with Gasteiger partial charge in [-0.15, -0.1) is 0 Å². The number of fused-ring (bicyclic) bond motifs is 1. The number of pyridine rings is 1. The number of carbonyl (C=O) groups excluding carboxylic acids is 2. The number of nitrogens with one attached hydrogen (secondary N) is 2. The molecule has 3 aromatic rings. The average molecular weight is 549 g/mol. The molecule has 10 nitrogen and oxygen atoms in total. The Morgan fingerprint density at radius 2 is 1.95 bits per heavy atom. The number of nitrogens with zero attached hydrogens (tertiary/aromatic N) is 4. The van der Waals surface area contributed by atoms with Crippen LogP contribution in [-0.4, -0.2) is 52.5 Å². The second-order valence-corrected chi connectivity index (χ2v) is 10.4. The lowest BCUT2D eigenvalue weighted by molar-refractivity contribution is -0.115. The topological polar surface area (TPSA) is 119 Å². The Bertz CT molecular complexity index is 1460. The van der Waals surface area contributed by atoms with Crippen LogP contribution in [0.1, 0.15) is 24.2 Å². The summed E-state index contributed by atoms with van der Waals surface area (Å²) in [5.41, 5.74) is 2.54. The lowest BCUT2D eigenvalue weighted by Crippen LogP contribution is -2.38. The normalized spacial score (nSPS) is 18.2. The summed E-state index contributed by atoms with van der Waals surface area (Å²) in [6.45, 7) is 3.03. The second-order valence-electron chi connectivity index (χ2n) is 9.43. The molecule has 12 heteroatoms. The number of hydrogen-bond acceptors (Lipinski definition) is 10. The molecule has 0 radical (unpaired) electrons. The number of thioether (sulfide) groups is 1. The van der Waals surface area contributed by atoms with E-state index >= 15 is 0 Å². The highest BCUT2D eigenvalue weighted by molar-refractivity contribution is 8.18. The van der Waals surface area contributed by atoms with Crippen molar-refractivity contribution in [2.45, 2.75) is 19.4 Å². The minimum Gasteiger partial charge on any atom is -0.454 e. The van der Waals surface area contributed by atoms with Gasteiger partial charge in [-0.25, -0.2) is 14.4 Å². The van der Waals surface area contributed by atoms with Crippen molar-refractivity contribution in [3.8, 4) is 22.8 Å². The molecule has 2 amide bonds. The molecule has 0 unspecified atom stereocenters. The molecule has 0 atom stereocenters. The molecule has 3 aliphatic heterocycles. The van der Waals surface area contributed by atoms with Crippen LogP contribution in [0.5, 0.6) is 11.5 Å². The molecule has 39 heavy (non-hydrogen) atoms. The van der Waals surface area contributed by atoms with Gasteiger partial charge in [0, 0.05) is 37.5 Å². The number of benzene rings is 1.